The van der Waals surface area contributed by atoms with Crippen LogP contribution in [-0.4, -0.2) is 31.0 Å². The lowest BCUT2D eigenvalue weighted by atomic mass is 10.3. The van der Waals surface area contributed by atoms with Crippen LogP contribution in [-0.2, 0) is 4.57 Å². The van der Waals surface area contributed by atoms with Crippen LogP contribution < -0.4 is 20.1 Å². The van der Waals surface area contributed by atoms with Crippen molar-refractivity contribution in [2.24, 2.45) is 0 Å². The van der Waals surface area contributed by atoms with Crippen LogP contribution in [0.4, 0.5) is 0 Å². The number of rotatable bonds is 7. The Balaban J connectivity index is 2.75. The molecule has 0 unspecified atom stereocenters. The van der Waals surface area contributed by atoms with Crippen LogP contribution in [0.3, 0.4) is 0 Å². The first-order chi connectivity index (χ1) is 11.8. The zero-order chi connectivity index (χ0) is 18.6. The Bertz CT molecular complexity index is 699. The fraction of sp³-hybridized carbons (Fsp3) is 0.400. The van der Waals surface area contributed by atoms with Gasteiger partial charge in [-0.2, -0.15) is 0 Å². The molecular formula is C20H28NO3P. The van der Waals surface area contributed by atoms with Crippen molar-refractivity contribution >= 4 is 17.9 Å². The van der Waals surface area contributed by atoms with E-state index in [4.69, 9.17) is 9.47 Å². The van der Waals surface area contributed by atoms with E-state index in [1.807, 2.05) is 48.5 Å². The summed E-state index contributed by atoms with van der Waals surface area (Å²) >= 11 is 0. The Morgan fingerprint density at radius 2 is 1.20 bits per heavy atom. The van der Waals surface area contributed by atoms with Crippen LogP contribution >= 0.6 is 7.29 Å². The zero-order valence-corrected chi connectivity index (χ0v) is 16.8. The van der Waals surface area contributed by atoms with Crippen LogP contribution in [0.2, 0.25) is 0 Å². The van der Waals surface area contributed by atoms with E-state index in [1.165, 1.54) is 0 Å². The van der Waals surface area contributed by atoms with Crippen LogP contribution in [0.5, 0.6) is 11.5 Å². The summed E-state index contributed by atoms with van der Waals surface area (Å²) in [5.74, 6) is 1.40. The summed E-state index contributed by atoms with van der Waals surface area (Å²) in [4.78, 5) is 0. The first kappa shape index (κ1) is 19.6. The maximum absolute atomic E-state index is 14.6. The van der Waals surface area contributed by atoms with Gasteiger partial charge in [0.2, 0.25) is 7.29 Å². The van der Waals surface area contributed by atoms with Crippen molar-refractivity contribution in [3.8, 4) is 11.5 Å². The monoisotopic (exact) mass is 361 g/mol. The predicted octanol–water partition coefficient (Wildman–Crippen LogP) is 4.05. The maximum Gasteiger partial charge on any atom is 0.207 e. The minimum absolute atomic E-state index is 0.114. The van der Waals surface area contributed by atoms with Crippen molar-refractivity contribution in [1.29, 1.82) is 0 Å². The van der Waals surface area contributed by atoms with Crippen LogP contribution in [0.15, 0.2) is 48.5 Å². The van der Waals surface area contributed by atoms with Crippen molar-refractivity contribution in [2.75, 3.05) is 14.2 Å². The van der Waals surface area contributed by atoms with E-state index >= 15 is 0 Å². The maximum atomic E-state index is 14.6. The molecule has 5 heteroatoms. The molecule has 0 bridgehead atoms. The van der Waals surface area contributed by atoms with Gasteiger partial charge in [-0.05, 0) is 64.1 Å². The van der Waals surface area contributed by atoms with Gasteiger partial charge >= 0.3 is 0 Å². The second kappa shape index (κ2) is 8.07. The van der Waals surface area contributed by atoms with E-state index in [0.717, 1.165) is 10.6 Å². The van der Waals surface area contributed by atoms with Crippen LogP contribution in [0.1, 0.15) is 27.7 Å². The first-order valence-electron chi connectivity index (χ1n) is 8.52. The van der Waals surface area contributed by atoms with Gasteiger partial charge in [0.25, 0.3) is 0 Å². The van der Waals surface area contributed by atoms with Gasteiger partial charge in [-0.3, -0.25) is 4.57 Å². The Morgan fingerprint density at radius 1 is 0.800 bits per heavy atom. The van der Waals surface area contributed by atoms with Crippen molar-refractivity contribution in [3.63, 3.8) is 0 Å². The van der Waals surface area contributed by atoms with Gasteiger partial charge in [-0.15, -0.1) is 0 Å². The fourth-order valence-electron chi connectivity index (χ4n) is 3.26. The van der Waals surface area contributed by atoms with Crippen molar-refractivity contribution in [3.05, 3.63) is 48.5 Å². The third-order valence-corrected chi connectivity index (χ3v) is 7.72. The molecule has 136 valence electrons. The van der Waals surface area contributed by atoms with Gasteiger partial charge in [0.15, 0.2) is 0 Å². The number of ether oxygens (including phenoxy) is 2. The fourth-order valence-corrected chi connectivity index (χ4v) is 6.57. The van der Waals surface area contributed by atoms with Gasteiger partial charge in [0.05, 0.1) is 14.2 Å². The predicted molar refractivity (Wildman–Crippen MR) is 105 cm³/mol. The summed E-state index contributed by atoms with van der Waals surface area (Å²) in [6.45, 7) is 8.31. The molecule has 0 aromatic heterocycles. The van der Waals surface area contributed by atoms with E-state index in [9.17, 15) is 4.57 Å². The van der Waals surface area contributed by atoms with Gasteiger partial charge in [-0.1, -0.05) is 12.1 Å². The third kappa shape index (κ3) is 3.91. The lowest BCUT2D eigenvalue weighted by molar-refractivity contribution is 0.307. The van der Waals surface area contributed by atoms with Crippen molar-refractivity contribution in [1.82, 2.24) is 4.67 Å². The molecule has 0 atom stereocenters. The zero-order valence-electron chi connectivity index (χ0n) is 15.9. The molecule has 2 aromatic carbocycles. The van der Waals surface area contributed by atoms with Gasteiger partial charge < -0.3 is 9.47 Å². The van der Waals surface area contributed by atoms with Gasteiger partial charge in [-0.25, -0.2) is 4.67 Å². The number of hydrogen-bond acceptors (Lipinski definition) is 3. The topological polar surface area (TPSA) is 38.8 Å². The molecule has 0 radical (unpaired) electrons. The molecule has 0 saturated carbocycles. The molecule has 0 N–H and O–H groups in total. The minimum Gasteiger partial charge on any atom is -0.497 e. The van der Waals surface area contributed by atoms with E-state index in [1.54, 1.807) is 14.2 Å². The standard InChI is InChI=1S/C20H28NO3P/c1-15(2)21(16(3)4)25(22,19-11-7-9-17(13-19)23-5)20-12-8-10-18(14-20)24-6/h7-16H,1-6H3. The lowest BCUT2D eigenvalue weighted by Gasteiger charge is -2.38. The van der Waals surface area contributed by atoms with Crippen LogP contribution in [0, 0.1) is 0 Å². The highest BCUT2D eigenvalue weighted by atomic mass is 31.2. The number of nitrogens with zero attached hydrogens (tertiary/aromatic N) is 1. The molecule has 0 aliphatic heterocycles. The van der Waals surface area contributed by atoms with E-state index in [-0.39, 0.29) is 12.1 Å². The second-order valence-electron chi connectivity index (χ2n) is 6.55. The highest BCUT2D eigenvalue weighted by Crippen LogP contribution is 2.51. The van der Waals surface area contributed by atoms with E-state index < -0.39 is 7.29 Å². The Morgan fingerprint density at radius 3 is 1.52 bits per heavy atom. The third-order valence-electron chi connectivity index (χ3n) is 4.19. The Labute approximate surface area is 151 Å². The molecule has 2 rings (SSSR count). The van der Waals surface area contributed by atoms with Gasteiger partial charge in [0, 0.05) is 22.7 Å². The molecule has 25 heavy (non-hydrogen) atoms. The molecule has 0 saturated heterocycles. The number of methoxy groups -OCH3 is 2. The number of benzene rings is 2. The summed E-state index contributed by atoms with van der Waals surface area (Å²) in [7, 11) is 0.193. The minimum atomic E-state index is -3.05. The average Bonchev–Trinajstić information content (AvgIpc) is 2.61. The highest BCUT2D eigenvalue weighted by molar-refractivity contribution is 7.76. The molecule has 0 aliphatic carbocycles. The molecule has 2 aromatic rings. The molecular weight excluding hydrogens is 333 g/mol. The van der Waals surface area contributed by atoms with Crippen molar-refractivity contribution in [2.45, 2.75) is 39.8 Å². The summed E-state index contributed by atoms with van der Waals surface area (Å²) in [6, 6.07) is 15.3. The molecule has 0 amide bonds. The van der Waals surface area contributed by atoms with E-state index in [2.05, 4.69) is 32.4 Å². The summed E-state index contributed by atoms with van der Waals surface area (Å²) in [6.07, 6.45) is 0. The van der Waals surface area contributed by atoms with Crippen LogP contribution in [0.25, 0.3) is 0 Å². The Hall–Kier alpha value is -1.77. The molecule has 0 heterocycles. The van der Waals surface area contributed by atoms with Crippen molar-refractivity contribution < 1.29 is 14.0 Å². The molecule has 0 fully saturated rings. The lowest BCUT2D eigenvalue weighted by Crippen LogP contribution is -2.41. The summed E-state index contributed by atoms with van der Waals surface area (Å²) in [5, 5.41) is 1.53. The largest absolute Gasteiger partial charge is 0.497 e. The summed E-state index contributed by atoms with van der Waals surface area (Å²) in [5.41, 5.74) is 0. The SMILES string of the molecule is COc1cccc(P(=O)(c2cccc(OC)c2)N(C(C)C)C(C)C)c1. The smallest absolute Gasteiger partial charge is 0.207 e. The average molecular weight is 361 g/mol. The highest BCUT2D eigenvalue weighted by Gasteiger charge is 2.38. The quantitative estimate of drug-likeness (QED) is 0.698. The van der Waals surface area contributed by atoms with Gasteiger partial charge in [0.1, 0.15) is 11.5 Å². The first-order valence-corrected chi connectivity index (χ1v) is 10.2. The molecule has 0 aliphatic rings. The Kier molecular flexibility index (Phi) is 6.31. The normalized spacial score (nSPS) is 12.0. The second-order valence-corrected chi connectivity index (χ2v) is 9.19. The molecule has 4 nitrogen and oxygen atoms in total. The summed E-state index contributed by atoms with van der Waals surface area (Å²) < 4.78 is 27.4. The number of hydrogen-bond donors (Lipinski definition) is 0. The van der Waals surface area contributed by atoms with E-state index in [0.29, 0.717) is 11.5 Å². The molecule has 0 spiro atoms.